The van der Waals surface area contributed by atoms with E-state index in [1.165, 1.54) is 6.42 Å². The third-order valence-corrected chi connectivity index (χ3v) is 2.08. The summed E-state index contributed by atoms with van der Waals surface area (Å²) in [6.45, 7) is 8.88. The topological polar surface area (TPSA) is 24.1 Å². The smallest absolute Gasteiger partial charge is 0.0209 e. The summed E-state index contributed by atoms with van der Waals surface area (Å²) in [4.78, 5) is 0. The predicted molar refractivity (Wildman–Crippen MR) is 44.2 cm³/mol. The minimum absolute atomic E-state index is 0.354. The van der Waals surface area contributed by atoms with Crippen LogP contribution in [0.1, 0.15) is 27.2 Å². The van der Waals surface area contributed by atoms with Crippen molar-refractivity contribution < 1.29 is 0 Å². The highest BCUT2D eigenvalue weighted by atomic mass is 15.1. The van der Waals surface area contributed by atoms with E-state index in [0.29, 0.717) is 11.6 Å². The fourth-order valence-corrected chi connectivity index (χ4v) is 1.59. The van der Waals surface area contributed by atoms with Crippen LogP contribution < -0.4 is 10.6 Å². The van der Waals surface area contributed by atoms with Crippen molar-refractivity contribution in [3.05, 3.63) is 0 Å². The average Bonchev–Trinajstić information content (AvgIpc) is 2.12. The zero-order valence-corrected chi connectivity index (χ0v) is 7.20. The maximum Gasteiger partial charge on any atom is 0.0209 e. The maximum absolute atomic E-state index is 3.47. The van der Waals surface area contributed by atoms with Gasteiger partial charge in [-0.05, 0) is 26.8 Å². The highest BCUT2D eigenvalue weighted by molar-refractivity contribution is 4.92. The van der Waals surface area contributed by atoms with Gasteiger partial charge in [0.2, 0.25) is 0 Å². The fourth-order valence-electron chi connectivity index (χ4n) is 1.59. The standard InChI is InChI=1S/C8H18N2/c1-4-9-7-5-8(2,3)10-6-7/h7,9-10H,4-6H2,1-3H3. The van der Waals surface area contributed by atoms with E-state index in [9.17, 15) is 0 Å². The van der Waals surface area contributed by atoms with Crippen LogP contribution in [-0.4, -0.2) is 24.7 Å². The Labute approximate surface area is 63.4 Å². The lowest BCUT2D eigenvalue weighted by Gasteiger charge is -2.17. The van der Waals surface area contributed by atoms with Crippen molar-refractivity contribution in [3.8, 4) is 0 Å². The summed E-state index contributed by atoms with van der Waals surface area (Å²) in [6.07, 6.45) is 1.25. The molecule has 0 aromatic heterocycles. The number of nitrogens with one attached hydrogen (secondary N) is 2. The summed E-state index contributed by atoms with van der Waals surface area (Å²) in [7, 11) is 0. The summed E-state index contributed by atoms with van der Waals surface area (Å²) in [6, 6.07) is 0.694. The van der Waals surface area contributed by atoms with Gasteiger partial charge in [0, 0.05) is 18.1 Å². The average molecular weight is 142 g/mol. The normalized spacial score (nSPS) is 30.9. The highest BCUT2D eigenvalue weighted by Gasteiger charge is 2.29. The molecule has 1 fully saturated rings. The van der Waals surface area contributed by atoms with E-state index in [1.807, 2.05) is 0 Å². The first-order valence-corrected chi connectivity index (χ1v) is 4.12. The van der Waals surface area contributed by atoms with Crippen LogP contribution in [-0.2, 0) is 0 Å². The van der Waals surface area contributed by atoms with Crippen LogP contribution in [0.3, 0.4) is 0 Å². The third kappa shape index (κ3) is 1.96. The Morgan fingerprint density at radius 1 is 1.60 bits per heavy atom. The quantitative estimate of drug-likeness (QED) is 0.594. The predicted octanol–water partition coefficient (Wildman–Crippen LogP) is 0.736. The Kier molecular flexibility index (Phi) is 2.32. The van der Waals surface area contributed by atoms with Gasteiger partial charge in [-0.3, -0.25) is 0 Å². The van der Waals surface area contributed by atoms with E-state index < -0.39 is 0 Å². The first-order valence-electron chi connectivity index (χ1n) is 4.12. The first-order chi connectivity index (χ1) is 4.64. The van der Waals surface area contributed by atoms with Gasteiger partial charge in [0.15, 0.2) is 0 Å². The van der Waals surface area contributed by atoms with Gasteiger partial charge in [0.1, 0.15) is 0 Å². The molecule has 10 heavy (non-hydrogen) atoms. The molecule has 1 aliphatic heterocycles. The second-order valence-electron chi connectivity index (χ2n) is 3.72. The monoisotopic (exact) mass is 142 g/mol. The van der Waals surface area contributed by atoms with Crippen molar-refractivity contribution in [1.29, 1.82) is 0 Å². The summed E-state index contributed by atoms with van der Waals surface area (Å²) in [5, 5.41) is 6.91. The van der Waals surface area contributed by atoms with Crippen LogP contribution in [0.15, 0.2) is 0 Å². The zero-order chi connectivity index (χ0) is 7.61. The van der Waals surface area contributed by atoms with E-state index >= 15 is 0 Å². The Morgan fingerprint density at radius 2 is 2.30 bits per heavy atom. The molecule has 0 amide bonds. The molecule has 1 saturated heterocycles. The molecule has 0 aromatic carbocycles. The second kappa shape index (κ2) is 2.89. The van der Waals surface area contributed by atoms with Gasteiger partial charge < -0.3 is 10.6 Å². The zero-order valence-electron chi connectivity index (χ0n) is 7.20. The molecule has 0 saturated carbocycles. The van der Waals surface area contributed by atoms with E-state index in [0.717, 1.165) is 13.1 Å². The highest BCUT2D eigenvalue weighted by Crippen LogP contribution is 2.17. The largest absolute Gasteiger partial charge is 0.313 e. The molecule has 1 unspecified atom stereocenters. The van der Waals surface area contributed by atoms with Crippen molar-refractivity contribution in [2.45, 2.75) is 38.8 Å². The summed E-state index contributed by atoms with van der Waals surface area (Å²) in [5.74, 6) is 0. The molecule has 2 heteroatoms. The Hall–Kier alpha value is -0.0800. The van der Waals surface area contributed by atoms with Crippen LogP contribution in [0.25, 0.3) is 0 Å². The molecule has 1 heterocycles. The molecule has 1 atom stereocenters. The fraction of sp³-hybridized carbons (Fsp3) is 1.00. The Morgan fingerprint density at radius 3 is 2.70 bits per heavy atom. The van der Waals surface area contributed by atoms with Crippen LogP contribution in [0.5, 0.6) is 0 Å². The number of hydrogen-bond donors (Lipinski definition) is 2. The van der Waals surface area contributed by atoms with Gasteiger partial charge in [0.25, 0.3) is 0 Å². The minimum Gasteiger partial charge on any atom is -0.313 e. The third-order valence-electron chi connectivity index (χ3n) is 2.08. The molecule has 1 rings (SSSR count). The minimum atomic E-state index is 0.354. The van der Waals surface area contributed by atoms with Crippen molar-refractivity contribution in [2.24, 2.45) is 0 Å². The van der Waals surface area contributed by atoms with Crippen molar-refractivity contribution in [3.63, 3.8) is 0 Å². The second-order valence-corrected chi connectivity index (χ2v) is 3.72. The van der Waals surface area contributed by atoms with Gasteiger partial charge in [-0.25, -0.2) is 0 Å². The van der Waals surface area contributed by atoms with Crippen molar-refractivity contribution in [1.82, 2.24) is 10.6 Å². The lowest BCUT2D eigenvalue weighted by Crippen LogP contribution is -2.31. The summed E-state index contributed by atoms with van der Waals surface area (Å²) < 4.78 is 0. The van der Waals surface area contributed by atoms with E-state index in [1.54, 1.807) is 0 Å². The van der Waals surface area contributed by atoms with Gasteiger partial charge in [-0.2, -0.15) is 0 Å². The Balaban J connectivity index is 2.29. The lowest BCUT2D eigenvalue weighted by molar-refractivity contribution is 0.445. The molecular formula is C8H18N2. The molecule has 2 nitrogen and oxygen atoms in total. The number of likely N-dealkylation sites (N-methyl/N-ethyl adjacent to an activating group) is 1. The van der Waals surface area contributed by atoms with Crippen LogP contribution in [0, 0.1) is 0 Å². The molecule has 60 valence electrons. The van der Waals surface area contributed by atoms with Crippen LogP contribution in [0.2, 0.25) is 0 Å². The van der Waals surface area contributed by atoms with Crippen LogP contribution >= 0.6 is 0 Å². The van der Waals surface area contributed by atoms with E-state index in [4.69, 9.17) is 0 Å². The van der Waals surface area contributed by atoms with Crippen LogP contribution in [0.4, 0.5) is 0 Å². The van der Waals surface area contributed by atoms with E-state index in [2.05, 4.69) is 31.4 Å². The van der Waals surface area contributed by atoms with Gasteiger partial charge in [-0.15, -0.1) is 0 Å². The molecule has 0 spiro atoms. The van der Waals surface area contributed by atoms with Gasteiger partial charge in [-0.1, -0.05) is 6.92 Å². The van der Waals surface area contributed by atoms with Crippen molar-refractivity contribution >= 4 is 0 Å². The molecule has 0 aromatic rings. The molecular weight excluding hydrogens is 124 g/mol. The molecule has 1 aliphatic rings. The van der Waals surface area contributed by atoms with Gasteiger partial charge >= 0.3 is 0 Å². The number of hydrogen-bond acceptors (Lipinski definition) is 2. The SMILES string of the molecule is CCNC1CNC(C)(C)C1. The maximum atomic E-state index is 3.47. The lowest BCUT2D eigenvalue weighted by atomic mass is 10.0. The van der Waals surface area contributed by atoms with Crippen molar-refractivity contribution in [2.75, 3.05) is 13.1 Å². The molecule has 0 aliphatic carbocycles. The first kappa shape index (κ1) is 8.02. The summed E-state index contributed by atoms with van der Waals surface area (Å²) >= 11 is 0. The Bertz CT molecular complexity index is 110. The molecule has 0 bridgehead atoms. The summed E-state index contributed by atoms with van der Waals surface area (Å²) in [5.41, 5.74) is 0.354. The molecule has 0 radical (unpaired) electrons. The number of rotatable bonds is 2. The van der Waals surface area contributed by atoms with E-state index in [-0.39, 0.29) is 0 Å². The van der Waals surface area contributed by atoms with Gasteiger partial charge in [0.05, 0.1) is 0 Å². The molecule has 2 N–H and O–H groups in total.